The highest BCUT2D eigenvalue weighted by Crippen LogP contribution is 2.10. The predicted octanol–water partition coefficient (Wildman–Crippen LogP) is 5.91. The normalized spacial score (nSPS) is 9.86. The van der Waals surface area contributed by atoms with E-state index in [2.05, 4.69) is 10.6 Å². The molecule has 0 fully saturated rings. The van der Waals surface area contributed by atoms with Crippen LogP contribution in [0.25, 0.3) is 0 Å². The Kier molecular flexibility index (Phi) is 11.2. The summed E-state index contributed by atoms with van der Waals surface area (Å²) in [6.07, 6.45) is 4.68. The topological polar surface area (TPSA) is 58.2 Å². The Morgan fingerprint density at radius 3 is 1.46 bits per heavy atom. The number of hydrogen-bond acceptors (Lipinski definition) is 2. The predicted molar refractivity (Wildman–Crippen MR) is 109 cm³/mol. The highest BCUT2D eigenvalue weighted by Gasteiger charge is 2.02. The molecule has 0 aliphatic carbocycles. The van der Waals surface area contributed by atoms with Gasteiger partial charge in [0.1, 0.15) is 11.6 Å². The van der Waals surface area contributed by atoms with Crippen molar-refractivity contribution in [2.24, 2.45) is 0 Å². The Hall–Kier alpha value is -2.76. The first-order valence-corrected chi connectivity index (χ1v) is 9.55. The van der Waals surface area contributed by atoms with E-state index in [4.69, 9.17) is 0 Å². The molecule has 2 N–H and O–H groups in total. The monoisotopic (exact) mass is 390 g/mol. The number of hydrogen-bond donors (Lipinski definition) is 2. The van der Waals surface area contributed by atoms with Crippen LogP contribution in [0.15, 0.2) is 48.5 Å². The fraction of sp³-hybridized carbons (Fsp3) is 0.364. The summed E-state index contributed by atoms with van der Waals surface area (Å²) in [5, 5.41) is 5.28. The van der Waals surface area contributed by atoms with Crippen molar-refractivity contribution in [2.75, 3.05) is 10.6 Å². The molecule has 2 aromatic carbocycles. The Morgan fingerprint density at radius 1 is 0.750 bits per heavy atom. The second-order valence-corrected chi connectivity index (χ2v) is 6.32. The molecule has 2 amide bonds. The van der Waals surface area contributed by atoms with Gasteiger partial charge in [0, 0.05) is 24.2 Å². The second-order valence-electron chi connectivity index (χ2n) is 6.32. The lowest BCUT2D eigenvalue weighted by atomic mass is 10.2. The van der Waals surface area contributed by atoms with Crippen LogP contribution in [0, 0.1) is 11.6 Å². The van der Waals surface area contributed by atoms with Crippen LogP contribution in [0.2, 0.25) is 0 Å². The lowest BCUT2D eigenvalue weighted by Crippen LogP contribution is -2.10. The summed E-state index contributed by atoms with van der Waals surface area (Å²) in [4.78, 5) is 22.5. The molecule has 0 aliphatic rings. The minimum Gasteiger partial charge on any atom is -0.326 e. The summed E-state index contributed by atoms with van der Waals surface area (Å²) in [6, 6.07) is 11.8. The lowest BCUT2D eigenvalue weighted by Gasteiger charge is -2.03. The number of amides is 2. The third-order valence-corrected chi connectivity index (χ3v) is 3.73. The van der Waals surface area contributed by atoms with Gasteiger partial charge < -0.3 is 10.6 Å². The van der Waals surface area contributed by atoms with Crippen molar-refractivity contribution in [3.05, 3.63) is 60.2 Å². The molecule has 0 aliphatic heterocycles. The number of carbonyl (C=O) groups excluding carboxylic acids is 2. The van der Waals surface area contributed by atoms with Crippen LogP contribution in [0.4, 0.5) is 20.2 Å². The molecule has 0 saturated carbocycles. The van der Waals surface area contributed by atoms with E-state index in [1.54, 1.807) is 24.3 Å². The quantitative estimate of drug-likeness (QED) is 0.589. The Morgan fingerprint density at radius 2 is 1.14 bits per heavy atom. The molecule has 0 saturated heterocycles. The molecule has 0 spiro atoms. The zero-order chi connectivity index (χ0) is 20.8. The molecule has 0 radical (unpaired) electrons. The third-order valence-electron chi connectivity index (χ3n) is 3.73. The van der Waals surface area contributed by atoms with Gasteiger partial charge in [-0.2, -0.15) is 0 Å². The standard InChI is InChI=1S/2C11H14FNO/c2*1-2-3-7-11(14)13-10-6-4-5-9(12)8-10/h2*4-6,8H,2-3,7H2,1H3,(H,13,14). The number of nitrogens with one attached hydrogen (secondary N) is 2. The first-order chi connectivity index (χ1) is 13.4. The van der Waals surface area contributed by atoms with Gasteiger partial charge in [0.25, 0.3) is 0 Å². The van der Waals surface area contributed by atoms with E-state index in [1.807, 2.05) is 13.8 Å². The molecule has 4 nitrogen and oxygen atoms in total. The van der Waals surface area contributed by atoms with E-state index in [-0.39, 0.29) is 23.4 Å². The fourth-order valence-corrected chi connectivity index (χ4v) is 2.25. The fourth-order valence-electron chi connectivity index (χ4n) is 2.25. The van der Waals surface area contributed by atoms with E-state index in [0.717, 1.165) is 25.7 Å². The smallest absolute Gasteiger partial charge is 0.224 e. The Balaban J connectivity index is 0.000000280. The van der Waals surface area contributed by atoms with Gasteiger partial charge in [0.2, 0.25) is 11.8 Å². The molecule has 2 aromatic rings. The average molecular weight is 390 g/mol. The minimum absolute atomic E-state index is 0.0579. The summed E-state index contributed by atoms with van der Waals surface area (Å²) in [7, 11) is 0. The minimum atomic E-state index is -0.335. The number of carbonyl (C=O) groups is 2. The van der Waals surface area contributed by atoms with Crippen LogP contribution < -0.4 is 10.6 Å². The zero-order valence-corrected chi connectivity index (χ0v) is 16.4. The number of rotatable bonds is 8. The van der Waals surface area contributed by atoms with E-state index in [0.29, 0.717) is 24.2 Å². The van der Waals surface area contributed by atoms with Crippen molar-refractivity contribution in [3.8, 4) is 0 Å². The molecular formula is C22H28F2N2O2. The van der Waals surface area contributed by atoms with Crippen molar-refractivity contribution in [3.63, 3.8) is 0 Å². The van der Waals surface area contributed by atoms with Gasteiger partial charge in [-0.3, -0.25) is 9.59 Å². The molecule has 0 unspecified atom stereocenters. The van der Waals surface area contributed by atoms with Crippen LogP contribution in [0.1, 0.15) is 52.4 Å². The summed E-state index contributed by atoms with van der Waals surface area (Å²) in [5.74, 6) is -0.786. The van der Waals surface area contributed by atoms with Gasteiger partial charge in [0.05, 0.1) is 0 Å². The number of halogens is 2. The van der Waals surface area contributed by atoms with Crippen molar-refractivity contribution in [1.29, 1.82) is 0 Å². The van der Waals surface area contributed by atoms with E-state index in [1.165, 1.54) is 24.3 Å². The summed E-state index contributed by atoms with van der Waals surface area (Å²) in [5.41, 5.74) is 1.04. The average Bonchev–Trinajstić information content (AvgIpc) is 2.65. The maximum absolute atomic E-state index is 12.7. The van der Waals surface area contributed by atoms with Crippen molar-refractivity contribution >= 4 is 23.2 Å². The van der Waals surface area contributed by atoms with Gasteiger partial charge in [0.15, 0.2) is 0 Å². The zero-order valence-electron chi connectivity index (χ0n) is 16.4. The molecule has 2 rings (SSSR count). The first kappa shape index (κ1) is 23.3. The molecule has 0 bridgehead atoms. The summed E-state index contributed by atoms with van der Waals surface area (Å²) >= 11 is 0. The SMILES string of the molecule is CCCCC(=O)Nc1cccc(F)c1.CCCCC(=O)Nc1cccc(F)c1. The molecule has 28 heavy (non-hydrogen) atoms. The van der Waals surface area contributed by atoms with Crippen LogP contribution in [0.5, 0.6) is 0 Å². The van der Waals surface area contributed by atoms with Gasteiger partial charge >= 0.3 is 0 Å². The summed E-state index contributed by atoms with van der Waals surface area (Å²) in [6.45, 7) is 4.05. The lowest BCUT2D eigenvalue weighted by molar-refractivity contribution is -0.117. The first-order valence-electron chi connectivity index (χ1n) is 9.55. The highest BCUT2D eigenvalue weighted by molar-refractivity contribution is 5.91. The van der Waals surface area contributed by atoms with E-state index < -0.39 is 0 Å². The highest BCUT2D eigenvalue weighted by atomic mass is 19.1. The number of anilines is 2. The molecular weight excluding hydrogens is 362 g/mol. The van der Waals surface area contributed by atoms with Crippen LogP contribution in [-0.2, 0) is 9.59 Å². The Bertz CT molecular complexity index is 687. The van der Waals surface area contributed by atoms with Gasteiger partial charge in [-0.25, -0.2) is 8.78 Å². The summed E-state index contributed by atoms with van der Waals surface area (Å²) < 4.78 is 25.4. The maximum Gasteiger partial charge on any atom is 0.224 e. The molecule has 0 atom stereocenters. The van der Waals surface area contributed by atoms with Crippen molar-refractivity contribution < 1.29 is 18.4 Å². The molecule has 6 heteroatoms. The third kappa shape index (κ3) is 10.4. The Labute approximate surface area is 165 Å². The maximum atomic E-state index is 12.7. The van der Waals surface area contributed by atoms with Crippen molar-refractivity contribution in [2.45, 2.75) is 52.4 Å². The van der Waals surface area contributed by atoms with Gasteiger partial charge in [-0.15, -0.1) is 0 Å². The molecule has 0 aromatic heterocycles. The van der Waals surface area contributed by atoms with Crippen molar-refractivity contribution in [1.82, 2.24) is 0 Å². The largest absolute Gasteiger partial charge is 0.326 e. The van der Waals surface area contributed by atoms with Crippen LogP contribution in [0.3, 0.4) is 0 Å². The van der Waals surface area contributed by atoms with E-state index in [9.17, 15) is 18.4 Å². The van der Waals surface area contributed by atoms with E-state index >= 15 is 0 Å². The molecule has 0 heterocycles. The van der Waals surface area contributed by atoms with Crippen LogP contribution in [-0.4, -0.2) is 11.8 Å². The number of unbranched alkanes of at least 4 members (excludes halogenated alkanes) is 2. The van der Waals surface area contributed by atoms with Gasteiger partial charge in [-0.05, 0) is 49.2 Å². The van der Waals surface area contributed by atoms with Crippen LogP contribution >= 0.6 is 0 Å². The second kappa shape index (κ2) is 13.4. The van der Waals surface area contributed by atoms with Gasteiger partial charge in [-0.1, -0.05) is 38.8 Å². The number of benzene rings is 2. The molecule has 152 valence electrons.